The molecule has 0 bridgehead atoms. The summed E-state index contributed by atoms with van der Waals surface area (Å²) in [5.41, 5.74) is 5.92. The summed E-state index contributed by atoms with van der Waals surface area (Å²) >= 11 is 0. The molecule has 0 unspecified atom stereocenters. The molecule has 0 aliphatic carbocycles. The van der Waals surface area contributed by atoms with Gasteiger partial charge in [0.1, 0.15) is 4.90 Å². The summed E-state index contributed by atoms with van der Waals surface area (Å²) in [7, 11) is -3.56. The molecule has 3 N–H and O–H groups in total. The molecule has 1 aromatic rings. The average Bonchev–Trinajstić information content (AvgIpc) is 2.46. The highest BCUT2D eigenvalue weighted by Gasteiger charge is 2.22. The molecule has 1 fully saturated rings. The van der Waals surface area contributed by atoms with Crippen molar-refractivity contribution in [1.82, 2.24) is 14.6 Å². The summed E-state index contributed by atoms with van der Waals surface area (Å²) in [5.74, 6) is 0.394. The maximum Gasteiger partial charge on any atom is 0.244 e. The lowest BCUT2D eigenvalue weighted by Gasteiger charge is -2.31. The topological polar surface area (TPSA) is 88.3 Å². The predicted octanol–water partition coefficient (Wildman–Crippen LogP) is 0.674. The van der Waals surface area contributed by atoms with Gasteiger partial charge in [0.15, 0.2) is 0 Å². The number of rotatable bonds is 5. The first kappa shape index (κ1) is 15.2. The Hall–Kier alpha value is -1.18. The van der Waals surface area contributed by atoms with Gasteiger partial charge >= 0.3 is 0 Å². The number of aromatic nitrogens is 1. The standard InChI is InChI=1S/C13H22N4O2S/c1-2-17-7-4-11(5-8-17)9-16-20(18,19)13-10-15-6-3-12(13)14/h3,6,10-11,16H,2,4-5,7-9H2,1H3,(H2,14,15). The number of nitrogens with one attached hydrogen (secondary N) is 1. The zero-order valence-corrected chi connectivity index (χ0v) is 12.6. The summed E-state index contributed by atoms with van der Waals surface area (Å²) < 4.78 is 27.0. The third kappa shape index (κ3) is 3.68. The van der Waals surface area contributed by atoms with E-state index < -0.39 is 10.0 Å². The highest BCUT2D eigenvalue weighted by molar-refractivity contribution is 7.89. The third-order valence-corrected chi connectivity index (χ3v) is 5.29. The van der Waals surface area contributed by atoms with Crippen molar-refractivity contribution in [3.63, 3.8) is 0 Å². The van der Waals surface area contributed by atoms with Crippen molar-refractivity contribution in [2.75, 3.05) is 31.9 Å². The number of nitrogen functional groups attached to an aromatic ring is 1. The van der Waals surface area contributed by atoms with Gasteiger partial charge in [0.25, 0.3) is 0 Å². The van der Waals surface area contributed by atoms with Crippen molar-refractivity contribution in [2.24, 2.45) is 5.92 Å². The van der Waals surface area contributed by atoms with Crippen LogP contribution in [0.2, 0.25) is 0 Å². The predicted molar refractivity (Wildman–Crippen MR) is 78.7 cm³/mol. The number of likely N-dealkylation sites (tertiary alicyclic amines) is 1. The summed E-state index contributed by atoms with van der Waals surface area (Å²) in [5, 5.41) is 0. The summed E-state index contributed by atoms with van der Waals surface area (Å²) in [6.45, 7) is 5.75. The minimum absolute atomic E-state index is 0.0611. The number of hydrogen-bond donors (Lipinski definition) is 2. The van der Waals surface area contributed by atoms with Gasteiger partial charge in [-0.2, -0.15) is 0 Å². The Morgan fingerprint density at radius 2 is 2.15 bits per heavy atom. The summed E-state index contributed by atoms with van der Waals surface area (Å²) in [4.78, 5) is 6.26. The van der Waals surface area contributed by atoms with E-state index in [0.717, 1.165) is 32.5 Å². The van der Waals surface area contributed by atoms with Crippen molar-refractivity contribution in [3.8, 4) is 0 Å². The fourth-order valence-electron chi connectivity index (χ4n) is 2.43. The molecule has 0 radical (unpaired) electrons. The lowest BCUT2D eigenvalue weighted by Crippen LogP contribution is -2.38. The SMILES string of the molecule is CCN1CCC(CNS(=O)(=O)c2cnccc2N)CC1. The minimum atomic E-state index is -3.56. The van der Waals surface area contributed by atoms with E-state index in [0.29, 0.717) is 12.5 Å². The van der Waals surface area contributed by atoms with Gasteiger partial charge in [0.2, 0.25) is 10.0 Å². The quantitative estimate of drug-likeness (QED) is 0.834. The lowest BCUT2D eigenvalue weighted by atomic mass is 9.97. The lowest BCUT2D eigenvalue weighted by molar-refractivity contribution is 0.194. The molecule has 1 saturated heterocycles. The van der Waals surface area contributed by atoms with Gasteiger partial charge < -0.3 is 10.6 Å². The van der Waals surface area contributed by atoms with E-state index in [9.17, 15) is 8.42 Å². The number of hydrogen-bond acceptors (Lipinski definition) is 5. The average molecular weight is 298 g/mol. The first-order valence-corrected chi connectivity index (χ1v) is 8.42. The second-order valence-corrected chi connectivity index (χ2v) is 6.88. The van der Waals surface area contributed by atoms with Crippen molar-refractivity contribution in [3.05, 3.63) is 18.5 Å². The Labute approximate surface area is 120 Å². The van der Waals surface area contributed by atoms with Crippen LogP contribution >= 0.6 is 0 Å². The number of nitrogens with zero attached hydrogens (tertiary/aromatic N) is 2. The third-order valence-electron chi connectivity index (χ3n) is 3.82. The van der Waals surface area contributed by atoms with Crippen molar-refractivity contribution in [2.45, 2.75) is 24.7 Å². The van der Waals surface area contributed by atoms with Crippen LogP contribution in [0.25, 0.3) is 0 Å². The molecule has 1 aliphatic heterocycles. The summed E-state index contributed by atoms with van der Waals surface area (Å²) in [6.07, 6.45) is 4.82. The number of nitrogens with two attached hydrogens (primary N) is 1. The van der Waals surface area contributed by atoms with Gasteiger partial charge in [0.05, 0.1) is 5.69 Å². The van der Waals surface area contributed by atoms with Crippen LogP contribution in [-0.4, -0.2) is 44.5 Å². The van der Waals surface area contributed by atoms with Crippen LogP contribution in [0.15, 0.2) is 23.4 Å². The van der Waals surface area contributed by atoms with E-state index in [2.05, 4.69) is 21.5 Å². The molecular formula is C13H22N4O2S. The largest absolute Gasteiger partial charge is 0.398 e. The monoisotopic (exact) mass is 298 g/mol. The maximum absolute atomic E-state index is 12.2. The highest BCUT2D eigenvalue weighted by Crippen LogP contribution is 2.19. The zero-order valence-electron chi connectivity index (χ0n) is 11.7. The van der Waals surface area contributed by atoms with Crippen LogP contribution in [-0.2, 0) is 10.0 Å². The normalized spacial score (nSPS) is 18.2. The minimum Gasteiger partial charge on any atom is -0.398 e. The molecule has 0 amide bonds. The highest BCUT2D eigenvalue weighted by atomic mass is 32.2. The molecule has 1 aromatic heterocycles. The Balaban J connectivity index is 1.92. The number of sulfonamides is 1. The molecule has 0 spiro atoms. The first-order valence-electron chi connectivity index (χ1n) is 6.94. The van der Waals surface area contributed by atoms with Crippen molar-refractivity contribution >= 4 is 15.7 Å². The molecule has 20 heavy (non-hydrogen) atoms. The molecule has 112 valence electrons. The van der Waals surface area contributed by atoms with E-state index in [-0.39, 0.29) is 10.6 Å². The first-order chi connectivity index (χ1) is 9.53. The Bertz CT molecular complexity index is 539. The second kappa shape index (κ2) is 6.51. The van der Waals surface area contributed by atoms with Gasteiger partial charge in [-0.25, -0.2) is 13.1 Å². The summed E-state index contributed by atoms with van der Waals surface area (Å²) in [6, 6.07) is 1.49. The molecule has 0 aromatic carbocycles. The van der Waals surface area contributed by atoms with Gasteiger partial charge in [-0.15, -0.1) is 0 Å². The zero-order chi connectivity index (χ0) is 14.6. The van der Waals surface area contributed by atoms with Crippen LogP contribution < -0.4 is 10.5 Å². The van der Waals surface area contributed by atoms with Gasteiger partial charge in [-0.1, -0.05) is 6.92 Å². The van der Waals surface area contributed by atoms with Crippen LogP contribution in [0, 0.1) is 5.92 Å². The van der Waals surface area contributed by atoms with E-state index in [1.807, 2.05) is 0 Å². The Morgan fingerprint density at radius 1 is 1.45 bits per heavy atom. The van der Waals surface area contributed by atoms with E-state index in [1.165, 1.54) is 18.5 Å². The van der Waals surface area contributed by atoms with Crippen LogP contribution in [0.5, 0.6) is 0 Å². The van der Waals surface area contributed by atoms with Gasteiger partial charge in [-0.05, 0) is 44.5 Å². The Kier molecular flexibility index (Phi) is 4.95. The smallest absolute Gasteiger partial charge is 0.244 e. The maximum atomic E-state index is 12.2. The molecule has 7 heteroatoms. The number of piperidine rings is 1. The second-order valence-electron chi connectivity index (χ2n) is 5.14. The van der Waals surface area contributed by atoms with Crippen LogP contribution in [0.1, 0.15) is 19.8 Å². The van der Waals surface area contributed by atoms with Gasteiger partial charge in [-0.3, -0.25) is 4.98 Å². The van der Waals surface area contributed by atoms with E-state index in [1.54, 1.807) is 0 Å². The molecule has 1 aliphatic rings. The van der Waals surface area contributed by atoms with E-state index >= 15 is 0 Å². The molecule has 0 atom stereocenters. The number of pyridine rings is 1. The molecule has 0 saturated carbocycles. The fourth-order valence-corrected chi connectivity index (χ4v) is 3.62. The molecule has 2 heterocycles. The van der Waals surface area contributed by atoms with Gasteiger partial charge in [0, 0.05) is 18.9 Å². The van der Waals surface area contributed by atoms with E-state index in [4.69, 9.17) is 5.73 Å². The Morgan fingerprint density at radius 3 is 2.75 bits per heavy atom. The van der Waals surface area contributed by atoms with Crippen molar-refractivity contribution in [1.29, 1.82) is 0 Å². The number of anilines is 1. The van der Waals surface area contributed by atoms with Crippen molar-refractivity contribution < 1.29 is 8.42 Å². The fraction of sp³-hybridized carbons (Fsp3) is 0.615. The molecular weight excluding hydrogens is 276 g/mol. The van der Waals surface area contributed by atoms with Crippen LogP contribution in [0.4, 0.5) is 5.69 Å². The molecule has 2 rings (SSSR count). The molecule has 6 nitrogen and oxygen atoms in total. The van der Waals surface area contributed by atoms with Crippen LogP contribution in [0.3, 0.4) is 0 Å².